The molecule has 0 aliphatic heterocycles. The van der Waals surface area contributed by atoms with Crippen molar-refractivity contribution in [2.24, 2.45) is 4.99 Å². The van der Waals surface area contributed by atoms with Crippen LogP contribution in [0.1, 0.15) is 40.3 Å². The van der Waals surface area contributed by atoms with E-state index in [1.807, 2.05) is 6.92 Å². The number of hydrogen-bond donors (Lipinski definition) is 1. The summed E-state index contributed by atoms with van der Waals surface area (Å²) in [6, 6.07) is 8.17. The molecule has 3 aromatic heterocycles. The third-order valence-electron chi connectivity index (χ3n) is 6.05. The molecular weight excluding hydrogens is 556 g/mol. The number of hydrogen-bond acceptors (Lipinski definition) is 11. The minimum absolute atomic E-state index is 0.0160. The number of methoxy groups -OCH3 is 3. The fourth-order valence-corrected chi connectivity index (χ4v) is 4.03. The van der Waals surface area contributed by atoms with E-state index in [4.69, 9.17) is 23.7 Å². The highest BCUT2D eigenvalue weighted by Crippen LogP contribution is 2.38. The number of esters is 1. The van der Waals surface area contributed by atoms with E-state index >= 15 is 0 Å². The lowest BCUT2D eigenvalue weighted by atomic mass is 10.1. The number of carbonyl (C=O) groups is 2. The molecule has 4 aromatic rings. The molecule has 43 heavy (non-hydrogen) atoms. The fourth-order valence-electron chi connectivity index (χ4n) is 4.03. The van der Waals surface area contributed by atoms with Crippen molar-refractivity contribution >= 4 is 35.9 Å². The first-order valence-corrected chi connectivity index (χ1v) is 13.0. The van der Waals surface area contributed by atoms with E-state index in [1.165, 1.54) is 56.9 Å². The fraction of sp³-hybridized carbons (Fsp3) is 0.200. The van der Waals surface area contributed by atoms with Crippen LogP contribution in [0.25, 0.3) is 11.4 Å². The van der Waals surface area contributed by atoms with E-state index in [0.717, 1.165) is 0 Å². The monoisotopic (exact) mass is 586 g/mol. The number of amides is 1. The van der Waals surface area contributed by atoms with Crippen molar-refractivity contribution in [3.05, 3.63) is 78.0 Å². The first-order valence-electron chi connectivity index (χ1n) is 13.0. The number of ether oxygens (including phenoxy) is 5. The van der Waals surface area contributed by atoms with Crippen LogP contribution in [0.4, 0.5) is 11.5 Å². The Labute approximate surface area is 247 Å². The van der Waals surface area contributed by atoms with Gasteiger partial charge in [-0.05, 0) is 50.9 Å². The lowest BCUT2D eigenvalue weighted by Crippen LogP contribution is -2.16. The molecule has 0 fully saturated rings. The number of aromatic nitrogens is 4. The highest BCUT2D eigenvalue weighted by Gasteiger charge is 2.22. The molecule has 0 atom stereocenters. The van der Waals surface area contributed by atoms with Crippen LogP contribution in [0, 0.1) is 0 Å². The highest BCUT2D eigenvalue weighted by molar-refractivity contribution is 6.04. The molecule has 0 spiro atoms. The summed E-state index contributed by atoms with van der Waals surface area (Å²) in [5.41, 5.74) is 1.69. The van der Waals surface area contributed by atoms with Crippen molar-refractivity contribution < 1.29 is 33.3 Å². The van der Waals surface area contributed by atoms with Crippen LogP contribution in [0.5, 0.6) is 23.0 Å². The van der Waals surface area contributed by atoms with Gasteiger partial charge in [0.05, 0.1) is 63.5 Å². The molecular formula is C30H30N6O7. The number of benzene rings is 1. The van der Waals surface area contributed by atoms with Gasteiger partial charge in [0, 0.05) is 17.8 Å². The highest BCUT2D eigenvalue weighted by atomic mass is 16.5. The van der Waals surface area contributed by atoms with Gasteiger partial charge in [0.1, 0.15) is 17.3 Å². The van der Waals surface area contributed by atoms with Gasteiger partial charge < -0.3 is 29.0 Å². The van der Waals surface area contributed by atoms with E-state index in [9.17, 15) is 9.59 Å². The maximum absolute atomic E-state index is 13.2. The second-order valence-electron chi connectivity index (χ2n) is 8.57. The molecule has 13 heteroatoms. The van der Waals surface area contributed by atoms with E-state index < -0.39 is 11.9 Å². The smallest absolute Gasteiger partial charge is 0.340 e. The zero-order valence-corrected chi connectivity index (χ0v) is 24.3. The van der Waals surface area contributed by atoms with Gasteiger partial charge in [-0.1, -0.05) is 0 Å². The molecule has 13 nitrogen and oxygen atoms in total. The summed E-state index contributed by atoms with van der Waals surface area (Å²) in [7, 11) is 4.35. The molecule has 1 aromatic carbocycles. The largest absolute Gasteiger partial charge is 0.493 e. The van der Waals surface area contributed by atoms with Gasteiger partial charge in [-0.25, -0.2) is 14.5 Å². The minimum atomic E-state index is -0.576. The first kappa shape index (κ1) is 30.2. The van der Waals surface area contributed by atoms with Crippen molar-refractivity contribution in [2.45, 2.75) is 13.8 Å². The first-order chi connectivity index (χ1) is 20.9. The molecule has 0 unspecified atom stereocenters. The third-order valence-corrected chi connectivity index (χ3v) is 6.05. The Morgan fingerprint density at radius 2 is 1.81 bits per heavy atom. The van der Waals surface area contributed by atoms with E-state index in [-0.39, 0.29) is 29.4 Å². The van der Waals surface area contributed by atoms with Gasteiger partial charge in [0.2, 0.25) is 0 Å². The number of pyridine rings is 2. The topological polar surface area (TPSA) is 148 Å². The molecule has 0 aliphatic carbocycles. The number of nitrogens with one attached hydrogen (secondary N) is 1. The molecule has 0 saturated carbocycles. The summed E-state index contributed by atoms with van der Waals surface area (Å²) in [5, 5.41) is 7.06. The molecule has 1 amide bonds. The lowest BCUT2D eigenvalue weighted by molar-refractivity contribution is 0.0600. The van der Waals surface area contributed by atoms with Crippen LogP contribution in [0.3, 0.4) is 0 Å². The van der Waals surface area contributed by atoms with Crippen LogP contribution in [-0.2, 0) is 4.74 Å². The second kappa shape index (κ2) is 13.8. The average Bonchev–Trinajstić information content (AvgIpc) is 3.47. The van der Waals surface area contributed by atoms with Crippen molar-refractivity contribution in [2.75, 3.05) is 33.3 Å². The predicted molar refractivity (Wildman–Crippen MR) is 159 cm³/mol. The molecule has 0 saturated heterocycles. The zero-order chi connectivity index (χ0) is 30.9. The second-order valence-corrected chi connectivity index (χ2v) is 8.57. The molecule has 0 aliphatic rings. The number of rotatable bonds is 12. The SMILES string of the molecule is C=Nc1cc(OC)c(OC)cc1/C(=C\C)Oc1ccc(NC(=O)c2nn(-c3cnccc3C(=O)OC)cc2OCC)nc1. The lowest BCUT2D eigenvalue weighted by Gasteiger charge is -2.15. The predicted octanol–water partition coefficient (Wildman–Crippen LogP) is 4.89. The van der Waals surface area contributed by atoms with Gasteiger partial charge >= 0.3 is 5.97 Å². The summed E-state index contributed by atoms with van der Waals surface area (Å²) in [6.07, 6.45) is 7.61. The van der Waals surface area contributed by atoms with E-state index in [0.29, 0.717) is 39.9 Å². The summed E-state index contributed by atoms with van der Waals surface area (Å²) in [4.78, 5) is 37.9. The summed E-state index contributed by atoms with van der Waals surface area (Å²) in [6.45, 7) is 7.51. The van der Waals surface area contributed by atoms with Crippen LogP contribution in [0.2, 0.25) is 0 Å². The number of allylic oxidation sites excluding steroid dienone is 1. The number of anilines is 1. The Morgan fingerprint density at radius 1 is 1.05 bits per heavy atom. The van der Waals surface area contributed by atoms with Crippen LogP contribution in [-0.4, -0.2) is 66.3 Å². The van der Waals surface area contributed by atoms with Gasteiger partial charge in [-0.3, -0.25) is 14.8 Å². The van der Waals surface area contributed by atoms with Gasteiger partial charge in [0.15, 0.2) is 22.9 Å². The molecule has 0 radical (unpaired) electrons. The van der Waals surface area contributed by atoms with Crippen molar-refractivity contribution in [1.82, 2.24) is 19.7 Å². The average molecular weight is 587 g/mol. The summed E-state index contributed by atoms with van der Waals surface area (Å²) < 4.78 is 28.7. The minimum Gasteiger partial charge on any atom is -0.493 e. The Balaban J connectivity index is 1.55. The van der Waals surface area contributed by atoms with Crippen LogP contribution >= 0.6 is 0 Å². The van der Waals surface area contributed by atoms with Crippen molar-refractivity contribution in [1.29, 1.82) is 0 Å². The van der Waals surface area contributed by atoms with Gasteiger partial charge in [-0.2, -0.15) is 5.10 Å². The standard InChI is InChI=1S/C30H30N6O7/c1-7-23(20-13-24(39-4)25(40-5)14-21(20)31-3)43-18-9-10-27(33-15-18)34-29(37)28-26(42-8-2)17-36(35-28)22-16-32-12-11-19(22)30(38)41-6/h7,9-17H,3,8H2,1-2,4-6H3,(H,33,34,37)/b23-7+. The maximum atomic E-state index is 13.2. The maximum Gasteiger partial charge on any atom is 0.340 e. The van der Waals surface area contributed by atoms with E-state index in [1.54, 1.807) is 37.3 Å². The summed E-state index contributed by atoms with van der Waals surface area (Å²) in [5.74, 6) is 1.19. The molecule has 4 rings (SSSR count). The normalized spacial score (nSPS) is 11.0. The quantitative estimate of drug-likeness (QED) is 0.138. The van der Waals surface area contributed by atoms with Gasteiger partial charge in [0.25, 0.3) is 5.91 Å². The molecule has 222 valence electrons. The number of aliphatic imine (C=N–C) groups is 1. The van der Waals surface area contributed by atoms with Crippen LogP contribution in [0.15, 0.2) is 66.2 Å². The number of nitrogens with zero attached hydrogens (tertiary/aromatic N) is 5. The molecule has 3 heterocycles. The van der Waals surface area contributed by atoms with E-state index in [2.05, 4.69) is 32.1 Å². The zero-order valence-electron chi connectivity index (χ0n) is 24.3. The van der Waals surface area contributed by atoms with Crippen molar-refractivity contribution in [3.8, 4) is 28.7 Å². The Hall–Kier alpha value is -5.72. The van der Waals surface area contributed by atoms with Crippen LogP contribution < -0.4 is 24.3 Å². The molecule has 1 N–H and O–H groups in total. The third kappa shape index (κ3) is 6.62. The Bertz CT molecular complexity index is 1660. The summed E-state index contributed by atoms with van der Waals surface area (Å²) >= 11 is 0. The van der Waals surface area contributed by atoms with Gasteiger partial charge in [-0.15, -0.1) is 0 Å². The molecule has 0 bridgehead atoms. The number of carbonyl (C=O) groups excluding carboxylic acids is 2. The Morgan fingerprint density at radius 3 is 2.44 bits per heavy atom. The Kier molecular flexibility index (Phi) is 9.68. The van der Waals surface area contributed by atoms with Crippen molar-refractivity contribution in [3.63, 3.8) is 0 Å².